The van der Waals surface area contributed by atoms with Crippen LogP contribution in [-0.2, 0) is 11.3 Å². The summed E-state index contributed by atoms with van der Waals surface area (Å²) in [5.41, 5.74) is -0.235. The minimum atomic E-state index is -0.571. The minimum Gasteiger partial charge on any atom is -0.475 e. The Bertz CT molecular complexity index is 615. The van der Waals surface area contributed by atoms with Crippen molar-refractivity contribution in [2.75, 3.05) is 7.11 Å². The molecule has 0 saturated heterocycles. The van der Waals surface area contributed by atoms with Crippen molar-refractivity contribution >= 4 is 11.6 Å². The predicted molar refractivity (Wildman–Crippen MR) is 82.0 cm³/mol. The number of hydrogen-bond acceptors (Lipinski definition) is 5. The Balaban J connectivity index is 1.58. The van der Waals surface area contributed by atoms with Crippen LogP contribution < -0.4 is 10.1 Å². The van der Waals surface area contributed by atoms with Crippen LogP contribution >= 0.6 is 0 Å². The molecule has 2 aliphatic carbocycles. The lowest BCUT2D eigenvalue weighted by Gasteiger charge is -2.28. The van der Waals surface area contributed by atoms with Crippen molar-refractivity contribution in [3.63, 3.8) is 0 Å². The molecule has 2 aliphatic rings. The first kappa shape index (κ1) is 15.8. The minimum absolute atomic E-state index is 0.0463. The van der Waals surface area contributed by atoms with Crippen molar-refractivity contribution in [1.29, 1.82) is 0 Å². The van der Waals surface area contributed by atoms with Crippen LogP contribution in [0.4, 0.5) is 5.69 Å². The first-order chi connectivity index (χ1) is 11.0. The van der Waals surface area contributed by atoms with E-state index in [2.05, 4.69) is 17.3 Å². The lowest BCUT2D eigenvalue weighted by Crippen LogP contribution is -2.41. The summed E-state index contributed by atoms with van der Waals surface area (Å²) >= 11 is 0. The van der Waals surface area contributed by atoms with E-state index in [0.717, 1.165) is 11.8 Å². The highest BCUT2D eigenvalue weighted by molar-refractivity contribution is 5.76. The van der Waals surface area contributed by atoms with Gasteiger partial charge in [0, 0.05) is 6.04 Å². The summed E-state index contributed by atoms with van der Waals surface area (Å²) in [4.78, 5) is 22.5. The fraction of sp³-hybridized carbons (Fsp3) is 0.733. The van der Waals surface area contributed by atoms with Gasteiger partial charge in [-0.1, -0.05) is 6.42 Å². The molecule has 0 aliphatic heterocycles. The van der Waals surface area contributed by atoms with Crippen molar-refractivity contribution in [2.24, 2.45) is 17.8 Å². The van der Waals surface area contributed by atoms with Crippen molar-refractivity contribution in [2.45, 2.75) is 45.2 Å². The molecule has 126 valence electrons. The summed E-state index contributed by atoms with van der Waals surface area (Å²) in [7, 11) is 1.32. The number of carbonyl (C=O) groups is 1. The molecule has 1 N–H and O–H groups in total. The van der Waals surface area contributed by atoms with E-state index in [0.29, 0.717) is 5.92 Å². The zero-order valence-corrected chi connectivity index (χ0v) is 13.4. The first-order valence-electron chi connectivity index (χ1n) is 8.03. The van der Waals surface area contributed by atoms with Gasteiger partial charge in [0.05, 0.1) is 12.0 Å². The standard InChI is InChI=1S/C15H22N4O4/c1-9(12-6-10-3-4-11(12)5-10)16-14(20)8-18-7-13(19(21)22)15(17-18)23-2/h7,9-12H,3-6,8H2,1-2H3,(H,16,20). The number of fused-ring (bicyclic) bond motifs is 2. The Hall–Kier alpha value is -2.12. The molecule has 23 heavy (non-hydrogen) atoms. The maximum atomic E-state index is 12.2. The highest BCUT2D eigenvalue weighted by atomic mass is 16.6. The molecule has 2 bridgehead atoms. The molecular formula is C15H22N4O4. The number of nitrogens with one attached hydrogen (secondary N) is 1. The quantitative estimate of drug-likeness (QED) is 0.635. The Morgan fingerprint density at radius 2 is 2.35 bits per heavy atom. The van der Waals surface area contributed by atoms with E-state index in [1.165, 1.54) is 43.7 Å². The number of ether oxygens (including phenoxy) is 1. The monoisotopic (exact) mass is 322 g/mol. The Labute approximate surface area is 134 Å². The molecule has 1 aromatic heterocycles. The fourth-order valence-corrected chi connectivity index (χ4v) is 4.20. The van der Waals surface area contributed by atoms with Gasteiger partial charge in [0.15, 0.2) is 0 Å². The number of aromatic nitrogens is 2. The largest absolute Gasteiger partial charge is 0.475 e. The van der Waals surface area contributed by atoms with Gasteiger partial charge in [0.2, 0.25) is 5.91 Å². The van der Waals surface area contributed by atoms with Gasteiger partial charge in [0.25, 0.3) is 0 Å². The molecule has 4 atom stereocenters. The predicted octanol–water partition coefficient (Wildman–Crippen LogP) is 1.74. The molecule has 2 fully saturated rings. The molecule has 1 amide bonds. The smallest absolute Gasteiger partial charge is 0.350 e. The summed E-state index contributed by atoms with van der Waals surface area (Å²) in [6, 6.07) is 0.130. The molecule has 1 heterocycles. The summed E-state index contributed by atoms with van der Waals surface area (Å²) in [5, 5.41) is 17.8. The molecule has 1 aromatic rings. The van der Waals surface area contributed by atoms with Crippen molar-refractivity contribution < 1.29 is 14.5 Å². The molecule has 0 spiro atoms. The first-order valence-corrected chi connectivity index (χ1v) is 8.03. The normalized spacial score (nSPS) is 27.0. The summed E-state index contributed by atoms with van der Waals surface area (Å²) in [5.74, 6) is 1.87. The maximum Gasteiger partial charge on any atom is 0.350 e. The van der Waals surface area contributed by atoms with E-state index in [1.807, 2.05) is 0 Å². The SMILES string of the molecule is COc1nn(CC(=O)NC(C)C2CC3CCC2C3)cc1[N+](=O)[O-]. The summed E-state index contributed by atoms with van der Waals surface area (Å²) in [6.45, 7) is 2.00. The van der Waals surface area contributed by atoms with Crippen molar-refractivity contribution in [3.05, 3.63) is 16.3 Å². The van der Waals surface area contributed by atoms with Crippen molar-refractivity contribution in [3.8, 4) is 5.88 Å². The Morgan fingerprint density at radius 1 is 1.57 bits per heavy atom. The van der Waals surface area contributed by atoms with Crippen LogP contribution in [0, 0.1) is 27.9 Å². The second-order valence-corrected chi connectivity index (χ2v) is 6.67. The molecule has 8 heteroatoms. The number of nitrogens with zero attached hydrogens (tertiary/aromatic N) is 3. The van der Waals surface area contributed by atoms with E-state index >= 15 is 0 Å². The highest BCUT2D eigenvalue weighted by Gasteiger charge is 2.42. The van der Waals surface area contributed by atoms with E-state index in [-0.39, 0.29) is 30.1 Å². The van der Waals surface area contributed by atoms with Crippen LogP contribution in [0.5, 0.6) is 5.88 Å². The van der Waals surface area contributed by atoms with Crippen molar-refractivity contribution in [1.82, 2.24) is 15.1 Å². The molecule has 8 nitrogen and oxygen atoms in total. The third-order valence-electron chi connectivity index (χ3n) is 5.23. The molecule has 4 unspecified atom stereocenters. The zero-order valence-electron chi connectivity index (χ0n) is 13.4. The number of rotatable bonds is 6. The lowest BCUT2D eigenvalue weighted by atomic mass is 9.84. The third-order valence-corrected chi connectivity index (χ3v) is 5.23. The van der Waals surface area contributed by atoms with Gasteiger partial charge in [-0.15, -0.1) is 5.10 Å². The third kappa shape index (κ3) is 3.16. The van der Waals surface area contributed by atoms with Crippen LogP contribution in [0.3, 0.4) is 0 Å². The van der Waals surface area contributed by atoms with Gasteiger partial charge < -0.3 is 10.1 Å². The molecule has 0 aromatic carbocycles. The number of nitro groups is 1. The van der Waals surface area contributed by atoms with Gasteiger partial charge in [-0.3, -0.25) is 19.6 Å². The number of carbonyl (C=O) groups excluding carboxylic acids is 1. The lowest BCUT2D eigenvalue weighted by molar-refractivity contribution is -0.385. The Kier molecular flexibility index (Phi) is 4.23. The number of amides is 1. The molecule has 3 rings (SSSR count). The van der Waals surface area contributed by atoms with Crippen LogP contribution in [0.1, 0.15) is 32.6 Å². The number of hydrogen-bond donors (Lipinski definition) is 1. The average Bonchev–Trinajstić information content (AvgIpc) is 3.21. The second kappa shape index (κ2) is 6.17. The van der Waals surface area contributed by atoms with E-state index in [9.17, 15) is 14.9 Å². The van der Waals surface area contributed by atoms with Gasteiger partial charge in [-0.2, -0.15) is 0 Å². The van der Waals surface area contributed by atoms with Gasteiger partial charge in [-0.25, -0.2) is 0 Å². The van der Waals surface area contributed by atoms with E-state index in [1.54, 1.807) is 0 Å². The maximum absolute atomic E-state index is 12.2. The van der Waals surface area contributed by atoms with Crippen LogP contribution in [0.25, 0.3) is 0 Å². The van der Waals surface area contributed by atoms with Crippen LogP contribution in [0.2, 0.25) is 0 Å². The molecule has 0 radical (unpaired) electrons. The Morgan fingerprint density at radius 3 is 2.87 bits per heavy atom. The second-order valence-electron chi connectivity index (χ2n) is 6.67. The van der Waals surface area contributed by atoms with Crippen LogP contribution in [0.15, 0.2) is 6.20 Å². The number of methoxy groups -OCH3 is 1. The zero-order chi connectivity index (χ0) is 16.6. The summed E-state index contributed by atoms with van der Waals surface area (Å²) < 4.78 is 6.11. The average molecular weight is 322 g/mol. The highest BCUT2D eigenvalue weighted by Crippen LogP contribution is 2.49. The summed E-state index contributed by atoms with van der Waals surface area (Å²) in [6.07, 6.45) is 6.33. The fourth-order valence-electron chi connectivity index (χ4n) is 4.20. The molecule has 2 saturated carbocycles. The van der Waals surface area contributed by atoms with E-state index in [4.69, 9.17) is 4.74 Å². The van der Waals surface area contributed by atoms with Gasteiger partial charge in [-0.05, 0) is 43.9 Å². The molecular weight excluding hydrogens is 300 g/mol. The van der Waals surface area contributed by atoms with Gasteiger partial charge >= 0.3 is 11.6 Å². The van der Waals surface area contributed by atoms with E-state index < -0.39 is 4.92 Å². The topological polar surface area (TPSA) is 99.3 Å². The van der Waals surface area contributed by atoms with Crippen LogP contribution in [-0.4, -0.2) is 33.8 Å². The van der Waals surface area contributed by atoms with Gasteiger partial charge in [0.1, 0.15) is 12.7 Å².